The number of esters is 1. The van der Waals surface area contributed by atoms with Crippen LogP contribution in [0.4, 0.5) is 0 Å². The maximum Gasteiger partial charge on any atom is 0.311 e. The van der Waals surface area contributed by atoms with E-state index >= 15 is 0 Å². The van der Waals surface area contributed by atoms with Gasteiger partial charge in [0.2, 0.25) is 5.78 Å². The van der Waals surface area contributed by atoms with Crippen LogP contribution >= 0.6 is 0 Å². The summed E-state index contributed by atoms with van der Waals surface area (Å²) >= 11 is 0. The first-order chi connectivity index (χ1) is 13.6. The van der Waals surface area contributed by atoms with Crippen LogP contribution in [0.5, 0.6) is 5.75 Å². The topological polar surface area (TPSA) is 70.4 Å². The molecule has 0 amide bonds. The quantitative estimate of drug-likeness (QED) is 0.442. The van der Waals surface area contributed by atoms with Gasteiger partial charge in [-0.05, 0) is 50.2 Å². The predicted octanol–water partition coefficient (Wildman–Crippen LogP) is 3.63. The second-order valence-corrected chi connectivity index (χ2v) is 6.26. The molecule has 1 heterocycles. The summed E-state index contributed by atoms with van der Waals surface area (Å²) in [6.45, 7) is 4.02. The molecule has 6 nitrogen and oxygen atoms in total. The van der Waals surface area contributed by atoms with Crippen LogP contribution in [0, 0.1) is 0 Å². The van der Waals surface area contributed by atoms with Crippen molar-refractivity contribution >= 4 is 11.8 Å². The second-order valence-electron chi connectivity index (χ2n) is 6.26. The molecular weight excluding hydrogens is 356 g/mol. The third kappa shape index (κ3) is 4.85. The summed E-state index contributed by atoms with van der Waals surface area (Å²) in [7, 11) is 0. The van der Waals surface area contributed by atoms with Crippen LogP contribution in [-0.4, -0.2) is 34.2 Å². The van der Waals surface area contributed by atoms with Crippen molar-refractivity contribution in [2.24, 2.45) is 0 Å². The highest BCUT2D eigenvalue weighted by atomic mass is 16.5. The molecule has 0 fully saturated rings. The van der Waals surface area contributed by atoms with Gasteiger partial charge in [0, 0.05) is 17.3 Å². The zero-order chi connectivity index (χ0) is 19.9. The van der Waals surface area contributed by atoms with Crippen LogP contribution < -0.4 is 4.74 Å². The number of Topliss-reactive ketones (excluding diaryl/α,β-unsaturated/α-hetero) is 1. The number of ether oxygens (including phenoxy) is 2. The van der Waals surface area contributed by atoms with E-state index in [1.165, 1.54) is 0 Å². The minimum Gasteiger partial charge on any atom is -0.494 e. The summed E-state index contributed by atoms with van der Waals surface area (Å²) in [5.74, 6) is -0.0325. The largest absolute Gasteiger partial charge is 0.494 e. The van der Waals surface area contributed by atoms with Crippen LogP contribution in [0.1, 0.15) is 29.8 Å². The molecule has 0 bridgehead atoms. The van der Waals surface area contributed by atoms with Crippen molar-refractivity contribution in [2.45, 2.75) is 26.4 Å². The second kappa shape index (κ2) is 8.99. The van der Waals surface area contributed by atoms with Crippen LogP contribution in [0.3, 0.4) is 0 Å². The number of hydrogen-bond acceptors (Lipinski definition) is 5. The summed E-state index contributed by atoms with van der Waals surface area (Å²) in [6.07, 6.45) is 2.57. The molecule has 0 saturated carbocycles. The van der Waals surface area contributed by atoms with E-state index in [0.717, 1.165) is 11.3 Å². The van der Waals surface area contributed by atoms with Crippen molar-refractivity contribution in [1.82, 2.24) is 9.78 Å². The Morgan fingerprint density at radius 2 is 1.79 bits per heavy atom. The lowest BCUT2D eigenvalue weighted by atomic mass is 10.1. The normalized spacial score (nSPS) is 11.6. The van der Waals surface area contributed by atoms with Gasteiger partial charge in [-0.3, -0.25) is 9.59 Å². The number of hydrogen-bond donors (Lipinski definition) is 0. The van der Waals surface area contributed by atoms with E-state index in [1.54, 1.807) is 48.3 Å². The van der Waals surface area contributed by atoms with Gasteiger partial charge in [0.1, 0.15) is 5.75 Å². The monoisotopic (exact) mass is 378 g/mol. The first-order valence-electron chi connectivity index (χ1n) is 9.12. The number of aromatic nitrogens is 2. The van der Waals surface area contributed by atoms with E-state index in [9.17, 15) is 9.59 Å². The Morgan fingerprint density at radius 3 is 2.46 bits per heavy atom. The molecule has 0 aliphatic rings. The van der Waals surface area contributed by atoms with Crippen molar-refractivity contribution < 1.29 is 19.1 Å². The van der Waals surface area contributed by atoms with E-state index in [0.29, 0.717) is 17.9 Å². The molecule has 0 radical (unpaired) electrons. The molecule has 2 aromatic carbocycles. The molecule has 0 saturated heterocycles. The lowest BCUT2D eigenvalue weighted by molar-refractivity contribution is -0.145. The van der Waals surface area contributed by atoms with Crippen molar-refractivity contribution in [3.05, 3.63) is 78.1 Å². The smallest absolute Gasteiger partial charge is 0.311 e. The van der Waals surface area contributed by atoms with Crippen LogP contribution in [0.15, 0.2) is 67.0 Å². The highest BCUT2D eigenvalue weighted by Crippen LogP contribution is 2.15. The Hall–Kier alpha value is -3.41. The molecular formula is C22H22N2O4. The average Bonchev–Trinajstić information content (AvgIpc) is 3.17. The molecule has 0 aliphatic carbocycles. The average molecular weight is 378 g/mol. The molecule has 0 spiro atoms. The molecule has 3 rings (SSSR count). The van der Waals surface area contributed by atoms with Crippen molar-refractivity contribution in [3.63, 3.8) is 0 Å². The molecule has 1 aromatic heterocycles. The first-order valence-corrected chi connectivity index (χ1v) is 9.12. The van der Waals surface area contributed by atoms with Crippen LogP contribution in [-0.2, 0) is 16.0 Å². The number of carbonyl (C=O) groups is 2. The molecule has 1 atom stereocenters. The zero-order valence-corrected chi connectivity index (χ0v) is 15.9. The molecule has 0 N–H and O–H groups in total. The molecule has 3 aromatic rings. The number of para-hydroxylation sites is 1. The molecule has 6 heteroatoms. The van der Waals surface area contributed by atoms with Gasteiger partial charge in [0.05, 0.1) is 24.9 Å². The highest BCUT2D eigenvalue weighted by molar-refractivity contribution is 6.00. The SMILES string of the molecule is CCOc1ccc(C(=O)[C@@H](C)OC(=O)Cc2cnn(-c3ccccc3)c2)cc1. The number of rotatable bonds is 8. The predicted molar refractivity (Wildman–Crippen MR) is 105 cm³/mol. The van der Waals surface area contributed by atoms with E-state index in [2.05, 4.69) is 5.10 Å². The van der Waals surface area contributed by atoms with E-state index < -0.39 is 12.1 Å². The summed E-state index contributed by atoms with van der Waals surface area (Å²) in [5.41, 5.74) is 2.09. The third-order valence-electron chi connectivity index (χ3n) is 4.13. The Bertz CT molecular complexity index is 933. The first kappa shape index (κ1) is 19.4. The van der Waals surface area contributed by atoms with Gasteiger partial charge in [-0.2, -0.15) is 5.10 Å². The Labute approximate surface area is 163 Å². The highest BCUT2D eigenvalue weighted by Gasteiger charge is 2.20. The van der Waals surface area contributed by atoms with Gasteiger partial charge in [-0.15, -0.1) is 0 Å². The Balaban J connectivity index is 1.57. The zero-order valence-electron chi connectivity index (χ0n) is 15.9. The van der Waals surface area contributed by atoms with Gasteiger partial charge < -0.3 is 9.47 Å². The standard InChI is InChI=1S/C22H22N2O4/c1-3-27-20-11-9-18(10-12-20)22(26)16(2)28-21(25)13-17-14-23-24(15-17)19-7-5-4-6-8-19/h4-12,14-16H,3,13H2,1-2H3/t16-/m1/s1. The minimum absolute atomic E-state index is 0.0493. The molecule has 28 heavy (non-hydrogen) atoms. The Kier molecular flexibility index (Phi) is 6.22. The van der Waals surface area contributed by atoms with Gasteiger partial charge in [0.15, 0.2) is 6.10 Å². The van der Waals surface area contributed by atoms with E-state index in [-0.39, 0.29) is 12.2 Å². The molecule has 0 unspecified atom stereocenters. The van der Waals surface area contributed by atoms with Gasteiger partial charge in [0.25, 0.3) is 0 Å². The van der Waals surface area contributed by atoms with Crippen molar-refractivity contribution in [1.29, 1.82) is 0 Å². The van der Waals surface area contributed by atoms with Gasteiger partial charge in [-0.25, -0.2) is 4.68 Å². The number of benzene rings is 2. The fourth-order valence-corrected chi connectivity index (χ4v) is 2.75. The van der Waals surface area contributed by atoms with Crippen LogP contribution in [0.2, 0.25) is 0 Å². The maximum absolute atomic E-state index is 12.5. The number of nitrogens with zero attached hydrogens (tertiary/aromatic N) is 2. The van der Waals surface area contributed by atoms with Crippen LogP contribution in [0.25, 0.3) is 5.69 Å². The molecule has 144 valence electrons. The summed E-state index contributed by atoms with van der Waals surface area (Å²) < 4.78 is 12.4. The van der Waals surface area contributed by atoms with Gasteiger partial charge >= 0.3 is 5.97 Å². The van der Waals surface area contributed by atoms with Crippen molar-refractivity contribution in [3.8, 4) is 11.4 Å². The van der Waals surface area contributed by atoms with Crippen molar-refractivity contribution in [2.75, 3.05) is 6.61 Å². The fourth-order valence-electron chi connectivity index (χ4n) is 2.75. The Morgan fingerprint density at radius 1 is 1.07 bits per heavy atom. The van der Waals surface area contributed by atoms with E-state index in [4.69, 9.17) is 9.47 Å². The number of carbonyl (C=O) groups excluding carboxylic acids is 2. The summed E-state index contributed by atoms with van der Waals surface area (Å²) in [6, 6.07) is 16.4. The van der Waals surface area contributed by atoms with E-state index in [1.807, 2.05) is 37.3 Å². The van der Waals surface area contributed by atoms with Gasteiger partial charge in [-0.1, -0.05) is 18.2 Å². The lowest BCUT2D eigenvalue weighted by Gasteiger charge is -2.12. The fraction of sp³-hybridized carbons (Fsp3) is 0.227. The maximum atomic E-state index is 12.5. The summed E-state index contributed by atoms with van der Waals surface area (Å²) in [4.78, 5) is 24.7. The lowest BCUT2D eigenvalue weighted by Crippen LogP contribution is -2.25. The molecule has 0 aliphatic heterocycles. The third-order valence-corrected chi connectivity index (χ3v) is 4.13. The number of ketones is 1. The minimum atomic E-state index is -0.866. The summed E-state index contributed by atoms with van der Waals surface area (Å²) in [5, 5.41) is 4.25.